The summed E-state index contributed by atoms with van der Waals surface area (Å²) >= 11 is 0. The Balaban J connectivity index is 1.09. The number of anilines is 1. The van der Waals surface area contributed by atoms with Crippen molar-refractivity contribution in [3.8, 4) is 22.8 Å². The van der Waals surface area contributed by atoms with Crippen LogP contribution in [-0.2, 0) is 9.53 Å². The number of amides is 2. The Kier molecular flexibility index (Phi) is 7.51. The number of nitrogen functional groups attached to an aromatic ring is 1. The van der Waals surface area contributed by atoms with Crippen LogP contribution in [0.4, 0.5) is 5.82 Å². The smallest absolute Gasteiger partial charge is 0.257 e. The fraction of sp³-hybridized carbons (Fsp3) is 0.387. The van der Waals surface area contributed by atoms with Crippen LogP contribution in [0.3, 0.4) is 0 Å². The summed E-state index contributed by atoms with van der Waals surface area (Å²) in [5.74, 6) is 1.59. The van der Waals surface area contributed by atoms with Crippen molar-refractivity contribution in [1.82, 2.24) is 24.9 Å². The van der Waals surface area contributed by atoms with Gasteiger partial charge >= 0.3 is 0 Å². The lowest BCUT2D eigenvalue weighted by atomic mass is 9.60. The van der Waals surface area contributed by atoms with Gasteiger partial charge in [-0.1, -0.05) is 24.3 Å². The number of nitrogens with two attached hydrogens (primary N) is 1. The maximum absolute atomic E-state index is 12.8. The summed E-state index contributed by atoms with van der Waals surface area (Å²) in [7, 11) is 1.59. The van der Waals surface area contributed by atoms with E-state index in [4.69, 9.17) is 20.3 Å². The Morgan fingerprint density at radius 2 is 1.76 bits per heavy atom. The number of nitrogens with zero attached hydrogens (tertiary/aromatic N) is 4. The van der Waals surface area contributed by atoms with Crippen molar-refractivity contribution < 1.29 is 19.1 Å². The largest absolute Gasteiger partial charge is 0.457 e. The van der Waals surface area contributed by atoms with E-state index in [1.807, 2.05) is 65.6 Å². The van der Waals surface area contributed by atoms with Crippen molar-refractivity contribution in [2.75, 3.05) is 58.7 Å². The molecule has 2 aliphatic heterocycles. The van der Waals surface area contributed by atoms with Gasteiger partial charge in [0, 0.05) is 56.8 Å². The van der Waals surface area contributed by atoms with Crippen LogP contribution in [0.25, 0.3) is 11.3 Å². The molecule has 3 aromatic rings. The van der Waals surface area contributed by atoms with E-state index in [1.165, 1.54) is 0 Å². The number of ether oxygens (including phenoxy) is 2. The predicted octanol–water partition coefficient (Wildman–Crippen LogP) is 3.34. The average Bonchev–Trinajstić information content (AvgIpc) is 3.29. The van der Waals surface area contributed by atoms with Gasteiger partial charge in [0.05, 0.1) is 19.3 Å². The number of nitrogens with one attached hydrogen (secondary N) is 1. The molecule has 2 saturated heterocycles. The average molecular weight is 557 g/mol. The van der Waals surface area contributed by atoms with Crippen molar-refractivity contribution in [3.63, 3.8) is 0 Å². The van der Waals surface area contributed by atoms with Crippen LogP contribution < -0.4 is 15.8 Å². The first kappa shape index (κ1) is 27.0. The van der Waals surface area contributed by atoms with E-state index >= 15 is 0 Å². The van der Waals surface area contributed by atoms with Crippen LogP contribution in [-0.4, -0.2) is 84.4 Å². The van der Waals surface area contributed by atoms with Gasteiger partial charge in [-0.15, -0.1) is 0 Å². The van der Waals surface area contributed by atoms with Gasteiger partial charge in [0.15, 0.2) is 0 Å². The summed E-state index contributed by atoms with van der Waals surface area (Å²) in [6, 6.07) is 17.2. The third-order valence-corrected chi connectivity index (χ3v) is 8.28. The van der Waals surface area contributed by atoms with E-state index in [0.29, 0.717) is 22.8 Å². The highest BCUT2D eigenvalue weighted by atomic mass is 16.5. The zero-order chi connectivity index (χ0) is 28.4. The summed E-state index contributed by atoms with van der Waals surface area (Å²) < 4.78 is 13.1. The molecule has 2 aromatic carbocycles. The summed E-state index contributed by atoms with van der Waals surface area (Å²) in [4.78, 5) is 29.7. The Morgan fingerprint density at radius 1 is 1.07 bits per heavy atom. The molecule has 1 aromatic heterocycles. The molecule has 0 atom stereocenters. The molecule has 0 radical (unpaired) electrons. The Bertz CT molecular complexity index is 1410. The molecule has 1 aliphatic carbocycles. The first-order valence-electron chi connectivity index (χ1n) is 14.1. The molecule has 1 saturated carbocycles. The number of carbonyl (C=O) groups is 2. The lowest BCUT2D eigenvalue weighted by Crippen LogP contribution is -2.63. The summed E-state index contributed by atoms with van der Waals surface area (Å²) in [5, 5.41) is 7.53. The van der Waals surface area contributed by atoms with Crippen molar-refractivity contribution in [2.24, 2.45) is 5.41 Å². The monoisotopic (exact) mass is 556 g/mol. The second-order valence-corrected chi connectivity index (χ2v) is 11.1. The molecule has 3 fully saturated rings. The quantitative estimate of drug-likeness (QED) is 0.409. The van der Waals surface area contributed by atoms with Gasteiger partial charge in [-0.25, -0.2) is 4.68 Å². The Morgan fingerprint density at radius 3 is 2.44 bits per heavy atom. The minimum atomic E-state index is -0.272. The van der Waals surface area contributed by atoms with Gasteiger partial charge in [0.2, 0.25) is 5.91 Å². The van der Waals surface area contributed by atoms with Crippen molar-refractivity contribution in [1.29, 1.82) is 0 Å². The first-order chi connectivity index (χ1) is 19.9. The van der Waals surface area contributed by atoms with E-state index in [1.54, 1.807) is 17.8 Å². The van der Waals surface area contributed by atoms with E-state index in [0.717, 1.165) is 70.1 Å². The molecule has 10 heteroatoms. The number of aromatic nitrogens is 2. The molecule has 3 aliphatic rings. The first-order valence-corrected chi connectivity index (χ1v) is 14.1. The molecular weight excluding hydrogens is 520 g/mol. The van der Waals surface area contributed by atoms with Gasteiger partial charge in [0.25, 0.3) is 5.91 Å². The molecule has 3 heterocycles. The maximum Gasteiger partial charge on any atom is 0.257 e. The van der Waals surface area contributed by atoms with Crippen molar-refractivity contribution in [3.05, 3.63) is 72.3 Å². The second-order valence-electron chi connectivity index (χ2n) is 11.1. The van der Waals surface area contributed by atoms with Crippen LogP contribution in [0.15, 0.2) is 66.7 Å². The number of para-hydroxylation sites is 1. The highest BCUT2D eigenvalue weighted by Crippen LogP contribution is 2.55. The zero-order valence-electron chi connectivity index (χ0n) is 23.3. The lowest BCUT2D eigenvalue weighted by Gasteiger charge is -2.58. The number of hydrogen-bond donors (Lipinski definition) is 2. The summed E-state index contributed by atoms with van der Waals surface area (Å²) in [5.41, 5.74) is 8.33. The lowest BCUT2D eigenvalue weighted by molar-refractivity contribution is -0.149. The van der Waals surface area contributed by atoms with Crippen molar-refractivity contribution in [2.45, 2.75) is 18.9 Å². The van der Waals surface area contributed by atoms with Gasteiger partial charge < -0.3 is 25.4 Å². The van der Waals surface area contributed by atoms with Crippen LogP contribution in [0.1, 0.15) is 29.2 Å². The predicted molar refractivity (Wildman–Crippen MR) is 156 cm³/mol. The molecule has 214 valence electrons. The number of hydrogen-bond acceptors (Lipinski definition) is 7. The second kappa shape index (κ2) is 11.4. The van der Waals surface area contributed by atoms with E-state index in [2.05, 4.69) is 10.2 Å². The number of carbonyl (C=O) groups excluding carboxylic acids is 2. The highest BCUT2D eigenvalue weighted by molar-refractivity contribution is 6.04. The number of rotatable bonds is 8. The van der Waals surface area contributed by atoms with Gasteiger partial charge in [-0.2, -0.15) is 5.10 Å². The van der Waals surface area contributed by atoms with Crippen LogP contribution in [0, 0.1) is 5.41 Å². The standard InChI is InChI=1S/C31H36N6O4/c1-33-30(39)27-28(22-9-11-25(12-10-22)41-24-6-3-2-4-7-24)34-37(29(27)32)23-18-31(19-23)20-36(21-31)26(38)8-5-13-35-14-16-40-17-15-35/h2-12,23H,13-21,32H2,1H3,(H,33,39)/b8-5+. The number of benzene rings is 2. The summed E-state index contributed by atoms with van der Waals surface area (Å²) in [6.07, 6.45) is 5.39. The molecule has 0 bridgehead atoms. The molecular formula is C31H36N6O4. The number of likely N-dealkylation sites (tertiary alicyclic amines) is 1. The molecule has 0 unspecified atom stereocenters. The van der Waals surface area contributed by atoms with E-state index in [9.17, 15) is 9.59 Å². The Hall–Kier alpha value is -4.15. The van der Waals surface area contributed by atoms with Crippen molar-refractivity contribution >= 4 is 17.6 Å². The minimum Gasteiger partial charge on any atom is -0.457 e. The maximum atomic E-state index is 12.8. The molecule has 3 N–H and O–H groups in total. The molecule has 10 nitrogen and oxygen atoms in total. The Labute approximate surface area is 239 Å². The van der Waals surface area contributed by atoms with E-state index < -0.39 is 0 Å². The van der Waals surface area contributed by atoms with Crippen LogP contribution >= 0.6 is 0 Å². The third kappa shape index (κ3) is 5.57. The normalized spacial score (nSPS) is 18.7. The minimum absolute atomic E-state index is 0.0646. The fourth-order valence-electron chi connectivity index (χ4n) is 6.06. The summed E-state index contributed by atoms with van der Waals surface area (Å²) in [6.45, 7) is 5.56. The molecule has 1 spiro atoms. The van der Waals surface area contributed by atoms with Crippen LogP contribution in [0.2, 0.25) is 0 Å². The third-order valence-electron chi connectivity index (χ3n) is 8.28. The highest BCUT2D eigenvalue weighted by Gasteiger charge is 2.54. The van der Waals surface area contributed by atoms with Gasteiger partial charge in [-0.05, 0) is 49.2 Å². The number of morpholine rings is 1. The molecule has 2 amide bonds. The van der Waals surface area contributed by atoms with Crippen LogP contribution in [0.5, 0.6) is 11.5 Å². The molecule has 6 rings (SSSR count). The van der Waals surface area contributed by atoms with Gasteiger partial charge in [0.1, 0.15) is 28.6 Å². The zero-order valence-corrected chi connectivity index (χ0v) is 23.3. The van der Waals surface area contributed by atoms with Gasteiger partial charge in [-0.3, -0.25) is 14.5 Å². The SMILES string of the molecule is CNC(=O)c1c(-c2ccc(Oc3ccccc3)cc2)nn(C2CC3(C2)CN(C(=O)/C=C/CN2CCOCC2)C3)c1N. The molecule has 41 heavy (non-hydrogen) atoms. The topological polar surface area (TPSA) is 115 Å². The fourth-order valence-corrected chi connectivity index (χ4v) is 6.06. The van der Waals surface area contributed by atoms with E-state index in [-0.39, 0.29) is 23.3 Å².